The first-order valence-corrected chi connectivity index (χ1v) is 7.11. The third kappa shape index (κ3) is 2.56. The maximum atomic E-state index is 12.0. The van der Waals surface area contributed by atoms with E-state index in [2.05, 4.69) is 4.98 Å². The van der Waals surface area contributed by atoms with Gasteiger partial charge >= 0.3 is 11.9 Å². The first-order valence-electron chi connectivity index (χ1n) is 6.30. The van der Waals surface area contributed by atoms with E-state index in [0.29, 0.717) is 15.8 Å². The summed E-state index contributed by atoms with van der Waals surface area (Å²) >= 11 is 1.11. The Morgan fingerprint density at radius 3 is 2.38 bits per heavy atom. The Bertz CT molecular complexity index is 721. The number of thiophene rings is 1. The van der Waals surface area contributed by atoms with Crippen LogP contribution in [-0.4, -0.2) is 31.1 Å². The molecule has 6 nitrogen and oxygen atoms in total. The Kier molecular flexibility index (Phi) is 4.13. The molecule has 0 spiro atoms. The molecule has 0 radical (unpaired) electrons. The Labute approximate surface area is 125 Å². The summed E-state index contributed by atoms with van der Waals surface area (Å²) in [6.45, 7) is 3.93. The van der Waals surface area contributed by atoms with Gasteiger partial charge in [0.25, 0.3) is 0 Å². The molecule has 0 saturated carbocycles. The summed E-state index contributed by atoms with van der Waals surface area (Å²) in [5.74, 6) is -0.926. The van der Waals surface area contributed by atoms with Gasteiger partial charge in [-0.2, -0.15) is 0 Å². The number of nitrogens with two attached hydrogens (primary N) is 1. The zero-order chi connectivity index (χ0) is 15.7. The molecule has 2 aromatic rings. The van der Waals surface area contributed by atoms with Crippen LogP contribution >= 0.6 is 11.3 Å². The number of carbonyl (C=O) groups is 2. The number of hydrogen-bond donors (Lipinski definition) is 1. The van der Waals surface area contributed by atoms with Crippen LogP contribution in [0.25, 0.3) is 10.2 Å². The molecule has 2 rings (SSSR count). The molecule has 7 heteroatoms. The summed E-state index contributed by atoms with van der Waals surface area (Å²) < 4.78 is 9.49. The van der Waals surface area contributed by atoms with Crippen molar-refractivity contribution in [2.24, 2.45) is 0 Å². The lowest BCUT2D eigenvalue weighted by Crippen LogP contribution is -2.06. The highest BCUT2D eigenvalue weighted by Gasteiger charge is 2.24. The summed E-state index contributed by atoms with van der Waals surface area (Å²) in [5, 5.41) is 0.441. The van der Waals surface area contributed by atoms with Crippen molar-refractivity contribution >= 4 is 39.2 Å². The molecule has 0 atom stereocenters. The number of ether oxygens (including phenoxy) is 2. The van der Waals surface area contributed by atoms with Crippen LogP contribution in [0.5, 0.6) is 0 Å². The molecule has 112 valence electrons. The second-order valence-electron chi connectivity index (χ2n) is 4.76. The van der Waals surface area contributed by atoms with Gasteiger partial charge in [0.1, 0.15) is 9.71 Å². The SMILES string of the molecule is COC(=O)c1sc2nc(C(C)C)cc(C(=O)OC)c2c1N. The lowest BCUT2D eigenvalue weighted by molar-refractivity contribution is 0.0594. The Balaban J connectivity index is 2.81. The number of nitrogens with zero attached hydrogens (tertiary/aromatic N) is 1. The highest BCUT2D eigenvalue weighted by molar-refractivity contribution is 7.21. The van der Waals surface area contributed by atoms with E-state index in [9.17, 15) is 9.59 Å². The molecular formula is C14H16N2O4S. The third-order valence-electron chi connectivity index (χ3n) is 3.09. The van der Waals surface area contributed by atoms with Crippen molar-refractivity contribution in [1.29, 1.82) is 0 Å². The smallest absolute Gasteiger partial charge is 0.350 e. The number of carbonyl (C=O) groups excluding carboxylic acids is 2. The largest absolute Gasteiger partial charge is 0.465 e. The van der Waals surface area contributed by atoms with Crippen LogP contribution in [-0.2, 0) is 9.47 Å². The molecule has 0 aromatic carbocycles. The van der Waals surface area contributed by atoms with Gasteiger partial charge in [0, 0.05) is 11.1 Å². The second-order valence-corrected chi connectivity index (χ2v) is 5.76. The summed E-state index contributed by atoms with van der Waals surface area (Å²) in [4.78, 5) is 29.0. The molecule has 0 amide bonds. The van der Waals surface area contributed by atoms with Crippen molar-refractivity contribution in [2.45, 2.75) is 19.8 Å². The van der Waals surface area contributed by atoms with Crippen molar-refractivity contribution in [3.8, 4) is 0 Å². The molecule has 0 aliphatic rings. The van der Waals surface area contributed by atoms with Gasteiger partial charge in [-0.05, 0) is 12.0 Å². The number of nitrogen functional groups attached to an aromatic ring is 1. The lowest BCUT2D eigenvalue weighted by atomic mass is 10.0. The monoisotopic (exact) mass is 308 g/mol. The fourth-order valence-corrected chi connectivity index (χ4v) is 3.00. The van der Waals surface area contributed by atoms with Crippen LogP contribution in [0.15, 0.2) is 6.07 Å². The minimum Gasteiger partial charge on any atom is -0.465 e. The minimum absolute atomic E-state index is 0.128. The number of fused-ring (bicyclic) bond motifs is 1. The van der Waals surface area contributed by atoms with E-state index in [1.807, 2.05) is 13.8 Å². The first kappa shape index (κ1) is 15.2. The van der Waals surface area contributed by atoms with E-state index in [1.54, 1.807) is 6.07 Å². The standard InChI is InChI=1S/C14H16N2O4S/c1-6(2)8-5-7(13(17)19-3)9-10(15)11(14(18)20-4)21-12(9)16-8/h5-6H,15H2,1-4H3. The van der Waals surface area contributed by atoms with Crippen LogP contribution in [0.4, 0.5) is 5.69 Å². The van der Waals surface area contributed by atoms with E-state index in [0.717, 1.165) is 17.0 Å². The molecular weight excluding hydrogens is 292 g/mol. The van der Waals surface area contributed by atoms with Gasteiger partial charge in [-0.3, -0.25) is 0 Å². The van der Waals surface area contributed by atoms with E-state index in [-0.39, 0.29) is 16.5 Å². The Hall–Kier alpha value is -2.15. The quantitative estimate of drug-likeness (QED) is 0.876. The zero-order valence-corrected chi connectivity index (χ0v) is 13.0. The molecule has 0 aliphatic carbocycles. The number of methoxy groups -OCH3 is 2. The van der Waals surface area contributed by atoms with Crippen LogP contribution in [0.1, 0.15) is 45.5 Å². The Morgan fingerprint density at radius 1 is 1.24 bits per heavy atom. The number of aromatic nitrogens is 1. The summed E-state index contributed by atoms with van der Waals surface area (Å²) in [6, 6.07) is 1.66. The van der Waals surface area contributed by atoms with Crippen LogP contribution < -0.4 is 5.73 Å². The fraction of sp³-hybridized carbons (Fsp3) is 0.357. The van der Waals surface area contributed by atoms with Crippen LogP contribution in [0, 0.1) is 0 Å². The lowest BCUT2D eigenvalue weighted by Gasteiger charge is -2.08. The van der Waals surface area contributed by atoms with Gasteiger partial charge in [0.05, 0.1) is 25.5 Å². The molecule has 0 bridgehead atoms. The summed E-state index contributed by atoms with van der Waals surface area (Å²) in [5.41, 5.74) is 7.25. The molecule has 2 N–H and O–H groups in total. The van der Waals surface area contributed by atoms with Crippen LogP contribution in [0.3, 0.4) is 0 Å². The van der Waals surface area contributed by atoms with Gasteiger partial charge in [0.15, 0.2) is 0 Å². The summed E-state index contributed by atoms with van der Waals surface area (Å²) in [7, 11) is 2.58. The van der Waals surface area contributed by atoms with Gasteiger partial charge in [-0.25, -0.2) is 14.6 Å². The van der Waals surface area contributed by atoms with Gasteiger partial charge in [0.2, 0.25) is 0 Å². The van der Waals surface area contributed by atoms with Crippen molar-refractivity contribution in [1.82, 2.24) is 4.98 Å². The number of rotatable bonds is 3. The number of esters is 2. The van der Waals surface area contributed by atoms with E-state index < -0.39 is 11.9 Å². The van der Waals surface area contributed by atoms with E-state index in [1.165, 1.54) is 14.2 Å². The highest BCUT2D eigenvalue weighted by Crippen LogP contribution is 2.36. The predicted octanol–water partition coefficient (Wildman–Crippen LogP) is 2.58. The predicted molar refractivity (Wildman–Crippen MR) is 80.8 cm³/mol. The van der Waals surface area contributed by atoms with Gasteiger partial charge in [-0.15, -0.1) is 11.3 Å². The van der Waals surface area contributed by atoms with Gasteiger partial charge < -0.3 is 15.2 Å². The van der Waals surface area contributed by atoms with Crippen molar-refractivity contribution in [3.05, 3.63) is 22.2 Å². The number of pyridine rings is 1. The average molecular weight is 308 g/mol. The third-order valence-corrected chi connectivity index (χ3v) is 4.17. The van der Waals surface area contributed by atoms with Crippen molar-refractivity contribution in [3.63, 3.8) is 0 Å². The molecule has 0 saturated heterocycles. The van der Waals surface area contributed by atoms with Crippen molar-refractivity contribution < 1.29 is 19.1 Å². The molecule has 0 fully saturated rings. The summed E-state index contributed by atoms with van der Waals surface area (Å²) in [6.07, 6.45) is 0. The number of anilines is 1. The second kappa shape index (κ2) is 5.69. The number of hydrogen-bond acceptors (Lipinski definition) is 7. The molecule has 2 aromatic heterocycles. The van der Waals surface area contributed by atoms with Crippen LogP contribution in [0.2, 0.25) is 0 Å². The average Bonchev–Trinajstić information content (AvgIpc) is 2.81. The van der Waals surface area contributed by atoms with E-state index >= 15 is 0 Å². The van der Waals surface area contributed by atoms with Crippen molar-refractivity contribution in [2.75, 3.05) is 20.0 Å². The Morgan fingerprint density at radius 2 is 1.86 bits per heavy atom. The maximum absolute atomic E-state index is 12.0. The molecule has 0 unspecified atom stereocenters. The molecule has 0 aliphatic heterocycles. The fourth-order valence-electron chi connectivity index (χ4n) is 1.95. The maximum Gasteiger partial charge on any atom is 0.350 e. The highest BCUT2D eigenvalue weighted by atomic mass is 32.1. The topological polar surface area (TPSA) is 91.5 Å². The minimum atomic E-state index is -0.544. The van der Waals surface area contributed by atoms with Gasteiger partial charge in [-0.1, -0.05) is 13.8 Å². The first-order chi connectivity index (χ1) is 9.90. The molecule has 2 heterocycles. The normalized spacial score (nSPS) is 10.9. The van der Waals surface area contributed by atoms with E-state index in [4.69, 9.17) is 15.2 Å². The molecule has 21 heavy (non-hydrogen) atoms. The zero-order valence-electron chi connectivity index (χ0n) is 12.2.